The number of rotatable bonds is 2. The zero-order chi connectivity index (χ0) is 10.3. The van der Waals surface area contributed by atoms with Crippen LogP contribution in [0.4, 0.5) is 5.69 Å². The van der Waals surface area contributed by atoms with E-state index in [1.54, 1.807) is 7.11 Å². The summed E-state index contributed by atoms with van der Waals surface area (Å²) < 4.78 is 5.40. The normalized spacial score (nSPS) is 24.2. The SMILES string of the molecule is COc1cccc2c1CC(C1CCC1)N2. The van der Waals surface area contributed by atoms with Crippen LogP contribution in [0.2, 0.25) is 0 Å². The van der Waals surface area contributed by atoms with Gasteiger partial charge in [0.25, 0.3) is 0 Å². The summed E-state index contributed by atoms with van der Waals surface area (Å²) in [4.78, 5) is 0. The quantitative estimate of drug-likeness (QED) is 0.798. The third-order valence-corrected chi connectivity index (χ3v) is 3.84. The Morgan fingerprint density at radius 1 is 1.33 bits per heavy atom. The largest absolute Gasteiger partial charge is 0.496 e. The molecule has 1 N–H and O–H groups in total. The van der Waals surface area contributed by atoms with Gasteiger partial charge in [0.15, 0.2) is 0 Å². The maximum Gasteiger partial charge on any atom is 0.124 e. The summed E-state index contributed by atoms with van der Waals surface area (Å²) in [6.45, 7) is 0. The Morgan fingerprint density at radius 3 is 2.87 bits per heavy atom. The van der Waals surface area contributed by atoms with Crippen LogP contribution < -0.4 is 10.1 Å². The van der Waals surface area contributed by atoms with Gasteiger partial charge < -0.3 is 10.1 Å². The predicted octanol–water partition coefficient (Wildman–Crippen LogP) is 2.83. The van der Waals surface area contributed by atoms with Gasteiger partial charge in [0.2, 0.25) is 0 Å². The van der Waals surface area contributed by atoms with E-state index in [0.717, 1.165) is 18.1 Å². The molecule has 2 nitrogen and oxygen atoms in total. The molecule has 0 aromatic heterocycles. The Labute approximate surface area is 90.6 Å². The number of hydrogen-bond acceptors (Lipinski definition) is 2. The second-order valence-electron chi connectivity index (χ2n) is 4.63. The average Bonchev–Trinajstić information content (AvgIpc) is 2.57. The smallest absolute Gasteiger partial charge is 0.124 e. The molecular formula is C13H17NO. The molecule has 0 radical (unpaired) electrons. The van der Waals surface area contributed by atoms with Crippen LogP contribution in [0.1, 0.15) is 24.8 Å². The molecule has 80 valence electrons. The van der Waals surface area contributed by atoms with Crippen molar-refractivity contribution < 1.29 is 4.74 Å². The zero-order valence-electron chi connectivity index (χ0n) is 9.12. The lowest BCUT2D eigenvalue weighted by Gasteiger charge is -2.31. The van der Waals surface area contributed by atoms with Crippen molar-refractivity contribution in [1.29, 1.82) is 0 Å². The maximum absolute atomic E-state index is 5.40. The molecule has 1 atom stereocenters. The minimum absolute atomic E-state index is 0.657. The van der Waals surface area contributed by atoms with Crippen molar-refractivity contribution in [3.05, 3.63) is 23.8 Å². The molecule has 3 rings (SSSR count). The van der Waals surface area contributed by atoms with E-state index in [1.807, 2.05) is 0 Å². The molecule has 1 saturated carbocycles. The van der Waals surface area contributed by atoms with Crippen LogP contribution in [0.25, 0.3) is 0 Å². The molecule has 1 fully saturated rings. The van der Waals surface area contributed by atoms with Crippen LogP contribution in [0, 0.1) is 5.92 Å². The Morgan fingerprint density at radius 2 is 2.20 bits per heavy atom. The van der Waals surface area contributed by atoms with E-state index in [2.05, 4.69) is 23.5 Å². The zero-order valence-corrected chi connectivity index (χ0v) is 9.12. The number of benzene rings is 1. The first kappa shape index (κ1) is 9.08. The second-order valence-corrected chi connectivity index (χ2v) is 4.63. The van der Waals surface area contributed by atoms with Crippen LogP contribution in [0.3, 0.4) is 0 Å². The Bertz CT molecular complexity index is 371. The minimum atomic E-state index is 0.657. The predicted molar refractivity (Wildman–Crippen MR) is 61.4 cm³/mol. The molecule has 1 heterocycles. The summed E-state index contributed by atoms with van der Waals surface area (Å²) >= 11 is 0. The molecule has 0 saturated heterocycles. The van der Waals surface area contributed by atoms with Gasteiger partial charge >= 0.3 is 0 Å². The van der Waals surface area contributed by atoms with Gasteiger partial charge in [-0.05, 0) is 37.3 Å². The van der Waals surface area contributed by atoms with Crippen molar-refractivity contribution in [3.63, 3.8) is 0 Å². The monoisotopic (exact) mass is 203 g/mol. The average molecular weight is 203 g/mol. The highest BCUT2D eigenvalue weighted by molar-refractivity contribution is 5.62. The summed E-state index contributed by atoms with van der Waals surface area (Å²) in [5.74, 6) is 1.93. The third kappa shape index (κ3) is 1.39. The third-order valence-electron chi connectivity index (χ3n) is 3.84. The lowest BCUT2D eigenvalue weighted by Crippen LogP contribution is -2.31. The molecule has 0 amide bonds. The van der Waals surface area contributed by atoms with Crippen LogP contribution in [0.5, 0.6) is 5.75 Å². The van der Waals surface area contributed by atoms with Gasteiger partial charge in [-0.15, -0.1) is 0 Å². The molecule has 0 bridgehead atoms. The van der Waals surface area contributed by atoms with Crippen molar-refractivity contribution in [3.8, 4) is 5.75 Å². The Kier molecular flexibility index (Phi) is 2.08. The summed E-state index contributed by atoms with van der Waals surface area (Å²) in [5.41, 5.74) is 2.66. The highest BCUT2D eigenvalue weighted by Crippen LogP contribution is 2.40. The van der Waals surface area contributed by atoms with Gasteiger partial charge in [0.05, 0.1) is 7.11 Å². The lowest BCUT2D eigenvalue weighted by atomic mass is 9.79. The van der Waals surface area contributed by atoms with Crippen LogP contribution in [-0.2, 0) is 6.42 Å². The van der Waals surface area contributed by atoms with Crippen molar-refractivity contribution in [2.24, 2.45) is 5.92 Å². The van der Waals surface area contributed by atoms with E-state index < -0.39 is 0 Å². The Balaban J connectivity index is 1.85. The highest BCUT2D eigenvalue weighted by Gasteiger charge is 2.32. The number of anilines is 1. The molecule has 15 heavy (non-hydrogen) atoms. The molecule has 1 unspecified atom stereocenters. The van der Waals surface area contributed by atoms with E-state index >= 15 is 0 Å². The van der Waals surface area contributed by atoms with Crippen molar-refractivity contribution >= 4 is 5.69 Å². The fraction of sp³-hybridized carbons (Fsp3) is 0.538. The van der Waals surface area contributed by atoms with E-state index in [9.17, 15) is 0 Å². The van der Waals surface area contributed by atoms with Crippen LogP contribution >= 0.6 is 0 Å². The molecule has 1 aromatic rings. The Hall–Kier alpha value is -1.18. The number of ether oxygens (including phenoxy) is 1. The summed E-state index contributed by atoms with van der Waals surface area (Å²) in [6.07, 6.45) is 5.35. The van der Waals surface area contributed by atoms with E-state index in [1.165, 1.54) is 30.5 Å². The molecule has 1 aromatic carbocycles. The van der Waals surface area contributed by atoms with E-state index in [4.69, 9.17) is 4.74 Å². The van der Waals surface area contributed by atoms with Crippen molar-refractivity contribution in [2.45, 2.75) is 31.7 Å². The second kappa shape index (κ2) is 3.44. The van der Waals surface area contributed by atoms with Gasteiger partial charge in [-0.1, -0.05) is 12.5 Å². The highest BCUT2D eigenvalue weighted by atomic mass is 16.5. The first-order valence-electron chi connectivity index (χ1n) is 5.81. The van der Waals surface area contributed by atoms with E-state index in [-0.39, 0.29) is 0 Å². The standard InChI is InChI=1S/C13H17NO/c1-15-13-7-3-6-11-10(13)8-12(14-11)9-4-2-5-9/h3,6-7,9,12,14H,2,4-5,8H2,1H3. The van der Waals surface area contributed by atoms with Crippen LogP contribution in [-0.4, -0.2) is 13.2 Å². The topological polar surface area (TPSA) is 21.3 Å². The van der Waals surface area contributed by atoms with Gasteiger partial charge in [-0.3, -0.25) is 0 Å². The van der Waals surface area contributed by atoms with Crippen molar-refractivity contribution in [2.75, 3.05) is 12.4 Å². The molecule has 1 aliphatic carbocycles. The van der Waals surface area contributed by atoms with Gasteiger partial charge in [-0.25, -0.2) is 0 Å². The molecule has 2 aliphatic rings. The fourth-order valence-electron chi connectivity index (χ4n) is 2.70. The summed E-state index contributed by atoms with van der Waals surface area (Å²) in [7, 11) is 1.76. The number of fused-ring (bicyclic) bond motifs is 1. The molecule has 1 aliphatic heterocycles. The van der Waals surface area contributed by atoms with Gasteiger partial charge in [0, 0.05) is 17.3 Å². The first-order valence-corrected chi connectivity index (χ1v) is 5.81. The fourth-order valence-corrected chi connectivity index (χ4v) is 2.70. The van der Waals surface area contributed by atoms with E-state index in [0.29, 0.717) is 6.04 Å². The van der Waals surface area contributed by atoms with Crippen LogP contribution in [0.15, 0.2) is 18.2 Å². The maximum atomic E-state index is 5.40. The lowest BCUT2D eigenvalue weighted by molar-refractivity contribution is 0.277. The number of hydrogen-bond donors (Lipinski definition) is 1. The summed E-state index contributed by atoms with van der Waals surface area (Å²) in [5, 5.41) is 3.63. The van der Waals surface area contributed by atoms with Gasteiger partial charge in [-0.2, -0.15) is 0 Å². The molecular weight excluding hydrogens is 186 g/mol. The van der Waals surface area contributed by atoms with Gasteiger partial charge in [0.1, 0.15) is 5.75 Å². The minimum Gasteiger partial charge on any atom is -0.496 e. The molecule has 0 spiro atoms. The number of methoxy groups -OCH3 is 1. The first-order chi connectivity index (χ1) is 7.38. The number of nitrogens with one attached hydrogen (secondary N) is 1. The van der Waals surface area contributed by atoms with Crippen molar-refractivity contribution in [1.82, 2.24) is 0 Å². The summed E-state index contributed by atoms with van der Waals surface area (Å²) in [6, 6.07) is 6.94. The molecule has 2 heteroatoms.